The second kappa shape index (κ2) is 7.90. The molecule has 130 valence electrons. The fraction of sp³-hybridized carbons (Fsp3) is 0.529. The zero-order valence-electron chi connectivity index (χ0n) is 14.1. The number of rotatable bonds is 6. The van der Waals surface area contributed by atoms with Crippen molar-refractivity contribution in [2.75, 3.05) is 31.1 Å². The molecule has 0 aliphatic carbocycles. The second-order valence-corrected chi connectivity index (χ2v) is 7.23. The van der Waals surface area contributed by atoms with Gasteiger partial charge in [-0.05, 0) is 19.9 Å². The first kappa shape index (κ1) is 17.1. The van der Waals surface area contributed by atoms with E-state index in [1.807, 2.05) is 31.7 Å². The molecule has 1 N–H and O–H groups in total. The van der Waals surface area contributed by atoms with E-state index >= 15 is 0 Å². The predicted octanol–water partition coefficient (Wildman–Crippen LogP) is 2.33. The standard InChI is InChI=1S/C17H23N3O3S/c1-12-15(13(2)23-19-12)9-17(21)18-10-16(14-3-6-22-11-14)20-4-7-24-8-5-20/h3,6,11,16H,4-5,7-10H2,1-2H3,(H,18,21)/t16-/m1/s1. The highest BCUT2D eigenvalue weighted by Crippen LogP contribution is 2.24. The van der Waals surface area contributed by atoms with Crippen LogP contribution in [0.2, 0.25) is 0 Å². The summed E-state index contributed by atoms with van der Waals surface area (Å²) in [6, 6.07) is 2.13. The smallest absolute Gasteiger partial charge is 0.224 e. The molecule has 2 aromatic heterocycles. The van der Waals surface area contributed by atoms with Crippen molar-refractivity contribution in [1.82, 2.24) is 15.4 Å². The second-order valence-electron chi connectivity index (χ2n) is 6.00. The van der Waals surface area contributed by atoms with Gasteiger partial charge in [0.15, 0.2) is 0 Å². The summed E-state index contributed by atoms with van der Waals surface area (Å²) in [5.41, 5.74) is 2.77. The van der Waals surface area contributed by atoms with Gasteiger partial charge in [0, 0.05) is 42.3 Å². The summed E-state index contributed by atoms with van der Waals surface area (Å²) in [6.45, 7) is 6.33. The summed E-state index contributed by atoms with van der Waals surface area (Å²) in [5, 5.41) is 6.96. The van der Waals surface area contributed by atoms with Crippen molar-refractivity contribution in [3.05, 3.63) is 41.2 Å². The molecule has 0 aromatic carbocycles. The quantitative estimate of drug-likeness (QED) is 0.863. The molecule has 0 saturated carbocycles. The maximum atomic E-state index is 12.3. The molecule has 1 saturated heterocycles. The predicted molar refractivity (Wildman–Crippen MR) is 93.0 cm³/mol. The highest BCUT2D eigenvalue weighted by molar-refractivity contribution is 7.99. The topological polar surface area (TPSA) is 71.5 Å². The van der Waals surface area contributed by atoms with Crippen LogP contribution in [0.25, 0.3) is 0 Å². The Kier molecular flexibility index (Phi) is 5.63. The molecule has 0 spiro atoms. The minimum absolute atomic E-state index is 0.00993. The molecule has 0 radical (unpaired) electrons. The minimum atomic E-state index is -0.00993. The summed E-state index contributed by atoms with van der Waals surface area (Å²) in [7, 11) is 0. The molecule has 1 aliphatic heterocycles. The fourth-order valence-corrected chi connectivity index (χ4v) is 3.93. The first-order valence-electron chi connectivity index (χ1n) is 8.17. The third-order valence-corrected chi connectivity index (χ3v) is 5.37. The van der Waals surface area contributed by atoms with E-state index in [1.165, 1.54) is 0 Å². The Morgan fingerprint density at radius 1 is 1.42 bits per heavy atom. The van der Waals surface area contributed by atoms with Gasteiger partial charge in [-0.1, -0.05) is 5.16 Å². The average molecular weight is 349 g/mol. The molecule has 1 amide bonds. The highest BCUT2D eigenvalue weighted by Gasteiger charge is 2.24. The van der Waals surface area contributed by atoms with Crippen LogP contribution in [0.5, 0.6) is 0 Å². The van der Waals surface area contributed by atoms with E-state index in [2.05, 4.69) is 15.4 Å². The average Bonchev–Trinajstić information content (AvgIpc) is 3.22. The summed E-state index contributed by atoms with van der Waals surface area (Å²) in [4.78, 5) is 14.8. The van der Waals surface area contributed by atoms with Crippen molar-refractivity contribution in [1.29, 1.82) is 0 Å². The largest absolute Gasteiger partial charge is 0.472 e. The van der Waals surface area contributed by atoms with Crippen molar-refractivity contribution in [2.45, 2.75) is 26.3 Å². The first-order valence-corrected chi connectivity index (χ1v) is 9.33. The van der Waals surface area contributed by atoms with E-state index in [4.69, 9.17) is 8.94 Å². The van der Waals surface area contributed by atoms with Gasteiger partial charge in [-0.25, -0.2) is 0 Å². The molecule has 1 atom stereocenters. The van der Waals surface area contributed by atoms with Gasteiger partial charge in [0.05, 0.1) is 30.7 Å². The lowest BCUT2D eigenvalue weighted by molar-refractivity contribution is -0.120. The first-order chi connectivity index (χ1) is 11.6. The lowest BCUT2D eigenvalue weighted by Gasteiger charge is -2.34. The van der Waals surface area contributed by atoms with Crippen molar-refractivity contribution < 1.29 is 13.7 Å². The van der Waals surface area contributed by atoms with Crippen molar-refractivity contribution in [3.63, 3.8) is 0 Å². The van der Waals surface area contributed by atoms with Gasteiger partial charge in [0.25, 0.3) is 0 Å². The van der Waals surface area contributed by atoms with E-state index < -0.39 is 0 Å². The lowest BCUT2D eigenvalue weighted by atomic mass is 10.1. The summed E-state index contributed by atoms with van der Waals surface area (Å²) >= 11 is 1.97. The highest BCUT2D eigenvalue weighted by atomic mass is 32.2. The lowest BCUT2D eigenvalue weighted by Crippen LogP contribution is -2.42. The van der Waals surface area contributed by atoms with Crippen LogP contribution in [0.3, 0.4) is 0 Å². The summed E-state index contributed by atoms with van der Waals surface area (Å²) in [6.07, 6.45) is 3.76. The van der Waals surface area contributed by atoms with Gasteiger partial charge < -0.3 is 14.3 Å². The van der Waals surface area contributed by atoms with E-state index in [-0.39, 0.29) is 11.9 Å². The Labute approximate surface area is 145 Å². The number of furan rings is 1. The number of carbonyl (C=O) groups is 1. The number of hydrogen-bond acceptors (Lipinski definition) is 6. The van der Waals surface area contributed by atoms with Crippen molar-refractivity contribution >= 4 is 17.7 Å². The van der Waals surface area contributed by atoms with Crippen LogP contribution in [0.1, 0.15) is 28.6 Å². The Balaban J connectivity index is 1.62. The van der Waals surface area contributed by atoms with Crippen LogP contribution in [-0.4, -0.2) is 47.1 Å². The molecule has 0 bridgehead atoms. The number of aryl methyl sites for hydroxylation is 2. The molecule has 24 heavy (non-hydrogen) atoms. The number of hydrogen-bond donors (Lipinski definition) is 1. The number of nitrogens with zero attached hydrogens (tertiary/aromatic N) is 2. The Morgan fingerprint density at radius 3 is 2.83 bits per heavy atom. The third kappa shape index (κ3) is 4.02. The Bertz CT molecular complexity index is 643. The van der Waals surface area contributed by atoms with Crippen LogP contribution in [0.4, 0.5) is 0 Å². The zero-order chi connectivity index (χ0) is 16.9. The van der Waals surface area contributed by atoms with E-state index in [0.29, 0.717) is 18.7 Å². The number of aromatic nitrogens is 1. The molecule has 1 fully saturated rings. The summed E-state index contributed by atoms with van der Waals surface area (Å²) in [5.74, 6) is 2.95. The number of nitrogens with one attached hydrogen (secondary N) is 1. The van der Waals surface area contributed by atoms with Gasteiger partial charge in [0.1, 0.15) is 5.76 Å². The van der Waals surface area contributed by atoms with Gasteiger partial charge in [-0.3, -0.25) is 9.69 Å². The number of amides is 1. The van der Waals surface area contributed by atoms with Crippen LogP contribution in [-0.2, 0) is 11.2 Å². The van der Waals surface area contributed by atoms with Gasteiger partial charge >= 0.3 is 0 Å². The van der Waals surface area contributed by atoms with Crippen LogP contribution >= 0.6 is 11.8 Å². The number of carbonyl (C=O) groups excluding carboxylic acids is 1. The van der Waals surface area contributed by atoms with Gasteiger partial charge in [0.2, 0.25) is 5.91 Å². The normalized spacial score (nSPS) is 16.9. The third-order valence-electron chi connectivity index (χ3n) is 4.43. The van der Waals surface area contributed by atoms with E-state index in [1.54, 1.807) is 12.5 Å². The van der Waals surface area contributed by atoms with Gasteiger partial charge in [-0.15, -0.1) is 0 Å². The Hall–Kier alpha value is -1.73. The molecule has 1 aliphatic rings. The van der Waals surface area contributed by atoms with E-state index in [0.717, 1.165) is 41.4 Å². The molecular formula is C17H23N3O3S. The van der Waals surface area contributed by atoms with Crippen molar-refractivity contribution in [3.8, 4) is 0 Å². The molecule has 6 nitrogen and oxygen atoms in total. The number of thioether (sulfide) groups is 1. The maximum absolute atomic E-state index is 12.3. The van der Waals surface area contributed by atoms with Crippen molar-refractivity contribution in [2.24, 2.45) is 0 Å². The molecule has 2 aromatic rings. The summed E-state index contributed by atoms with van der Waals surface area (Å²) < 4.78 is 10.4. The van der Waals surface area contributed by atoms with Gasteiger partial charge in [-0.2, -0.15) is 11.8 Å². The fourth-order valence-electron chi connectivity index (χ4n) is 3.00. The maximum Gasteiger partial charge on any atom is 0.224 e. The SMILES string of the molecule is Cc1noc(C)c1CC(=O)NC[C@H](c1ccoc1)N1CCSCC1. The minimum Gasteiger partial charge on any atom is -0.472 e. The molecule has 3 heterocycles. The van der Waals surface area contributed by atoms with Crippen LogP contribution in [0, 0.1) is 13.8 Å². The van der Waals surface area contributed by atoms with E-state index in [9.17, 15) is 4.79 Å². The molecule has 3 rings (SSSR count). The zero-order valence-corrected chi connectivity index (χ0v) is 14.9. The van der Waals surface area contributed by atoms with Crippen LogP contribution < -0.4 is 5.32 Å². The molecule has 0 unspecified atom stereocenters. The Morgan fingerprint density at radius 2 is 2.21 bits per heavy atom. The monoisotopic (exact) mass is 349 g/mol. The molecule has 7 heteroatoms. The van der Waals surface area contributed by atoms with Crippen LogP contribution in [0.15, 0.2) is 27.5 Å². The molecular weight excluding hydrogens is 326 g/mol.